The second-order valence-electron chi connectivity index (χ2n) is 4.18. The van der Waals surface area contributed by atoms with E-state index in [2.05, 4.69) is 6.08 Å². The van der Waals surface area contributed by atoms with Crippen molar-refractivity contribution in [3.8, 4) is 5.75 Å². The van der Waals surface area contributed by atoms with E-state index in [9.17, 15) is 4.79 Å². The molecule has 90 valence electrons. The number of ether oxygens (including phenoxy) is 1. The molecule has 0 amide bonds. The minimum Gasteiger partial charge on any atom is -0.482 e. The predicted octanol–water partition coefficient (Wildman–Crippen LogP) is 3.11. The fraction of sp³-hybridized carbons (Fsp3) is 0.357. The van der Waals surface area contributed by atoms with E-state index < -0.39 is 5.97 Å². The van der Waals surface area contributed by atoms with Gasteiger partial charge in [0.15, 0.2) is 6.61 Å². The quantitative estimate of drug-likeness (QED) is 0.867. The average molecular weight is 232 g/mol. The first-order chi connectivity index (χ1) is 8.25. The van der Waals surface area contributed by atoms with Crippen LogP contribution in [0.15, 0.2) is 30.3 Å². The number of benzene rings is 1. The van der Waals surface area contributed by atoms with Gasteiger partial charge in [-0.15, -0.1) is 0 Å². The molecule has 1 aliphatic rings. The first kappa shape index (κ1) is 11.7. The van der Waals surface area contributed by atoms with Crippen molar-refractivity contribution in [1.29, 1.82) is 0 Å². The third-order valence-corrected chi connectivity index (χ3v) is 2.88. The Balaban J connectivity index is 2.02. The standard InChI is InChI=1S/C14H16O3/c15-14(16)10-17-13-8-6-12(7-9-13)11-4-2-1-3-5-11/h4,6-9H,1-3,5,10H2,(H,15,16). The fourth-order valence-corrected chi connectivity index (χ4v) is 2.01. The summed E-state index contributed by atoms with van der Waals surface area (Å²) in [5.41, 5.74) is 2.61. The summed E-state index contributed by atoms with van der Waals surface area (Å²) in [6.45, 7) is -0.290. The average Bonchev–Trinajstić information content (AvgIpc) is 2.38. The number of hydrogen-bond acceptors (Lipinski definition) is 2. The van der Waals surface area contributed by atoms with Gasteiger partial charge >= 0.3 is 5.97 Å². The minimum absolute atomic E-state index is 0.290. The molecule has 0 fully saturated rings. The minimum atomic E-state index is -0.955. The Morgan fingerprint density at radius 2 is 2.00 bits per heavy atom. The zero-order valence-electron chi connectivity index (χ0n) is 9.69. The monoisotopic (exact) mass is 232 g/mol. The molecule has 0 radical (unpaired) electrons. The largest absolute Gasteiger partial charge is 0.482 e. The van der Waals surface area contributed by atoms with Crippen molar-refractivity contribution < 1.29 is 14.6 Å². The highest BCUT2D eigenvalue weighted by molar-refractivity contribution is 5.69. The molecule has 0 spiro atoms. The van der Waals surface area contributed by atoms with Crippen LogP contribution in [0.4, 0.5) is 0 Å². The molecule has 0 unspecified atom stereocenters. The van der Waals surface area contributed by atoms with Gasteiger partial charge in [-0.2, -0.15) is 0 Å². The van der Waals surface area contributed by atoms with Crippen molar-refractivity contribution >= 4 is 11.5 Å². The summed E-state index contributed by atoms with van der Waals surface area (Å²) in [7, 11) is 0. The molecule has 1 aliphatic carbocycles. The number of aliphatic carboxylic acids is 1. The van der Waals surface area contributed by atoms with Crippen LogP contribution in [0.5, 0.6) is 5.75 Å². The molecule has 0 aliphatic heterocycles. The molecular weight excluding hydrogens is 216 g/mol. The number of carboxylic acids is 1. The molecule has 0 atom stereocenters. The van der Waals surface area contributed by atoms with Crippen molar-refractivity contribution in [3.63, 3.8) is 0 Å². The topological polar surface area (TPSA) is 46.5 Å². The highest BCUT2D eigenvalue weighted by Gasteiger charge is 2.06. The highest BCUT2D eigenvalue weighted by atomic mass is 16.5. The lowest BCUT2D eigenvalue weighted by atomic mass is 9.94. The lowest BCUT2D eigenvalue weighted by molar-refractivity contribution is -0.139. The Hall–Kier alpha value is -1.77. The molecule has 2 rings (SSSR count). The van der Waals surface area contributed by atoms with Crippen molar-refractivity contribution in [2.24, 2.45) is 0 Å². The van der Waals surface area contributed by atoms with Crippen molar-refractivity contribution in [3.05, 3.63) is 35.9 Å². The molecule has 0 heterocycles. The first-order valence-corrected chi connectivity index (χ1v) is 5.90. The molecule has 1 N–H and O–H groups in total. The highest BCUT2D eigenvalue weighted by Crippen LogP contribution is 2.27. The van der Waals surface area contributed by atoms with E-state index in [-0.39, 0.29) is 6.61 Å². The van der Waals surface area contributed by atoms with Gasteiger partial charge in [-0.1, -0.05) is 18.2 Å². The molecule has 1 aromatic rings. The molecule has 3 heteroatoms. The van der Waals surface area contributed by atoms with Gasteiger partial charge in [0.2, 0.25) is 0 Å². The summed E-state index contributed by atoms with van der Waals surface area (Å²) in [4.78, 5) is 10.4. The number of allylic oxidation sites excluding steroid dienone is 2. The van der Waals surface area contributed by atoms with E-state index in [1.165, 1.54) is 24.0 Å². The van der Waals surface area contributed by atoms with E-state index >= 15 is 0 Å². The Morgan fingerprint density at radius 3 is 2.59 bits per heavy atom. The van der Waals surface area contributed by atoms with Crippen LogP contribution in [0.2, 0.25) is 0 Å². The fourth-order valence-electron chi connectivity index (χ4n) is 2.01. The maximum absolute atomic E-state index is 10.4. The van der Waals surface area contributed by atoms with Gasteiger partial charge in [0.05, 0.1) is 0 Å². The Morgan fingerprint density at radius 1 is 1.24 bits per heavy atom. The number of carbonyl (C=O) groups is 1. The van der Waals surface area contributed by atoms with Gasteiger partial charge in [-0.05, 0) is 49.0 Å². The smallest absolute Gasteiger partial charge is 0.341 e. The second kappa shape index (κ2) is 5.53. The predicted molar refractivity (Wildman–Crippen MR) is 66.0 cm³/mol. The molecule has 0 saturated heterocycles. The van der Waals surface area contributed by atoms with Crippen molar-refractivity contribution in [2.45, 2.75) is 25.7 Å². The molecule has 3 nitrogen and oxygen atoms in total. The van der Waals surface area contributed by atoms with Gasteiger partial charge < -0.3 is 9.84 Å². The molecular formula is C14H16O3. The van der Waals surface area contributed by atoms with Crippen LogP contribution in [0.1, 0.15) is 31.2 Å². The number of rotatable bonds is 4. The van der Waals surface area contributed by atoms with Gasteiger partial charge in [-0.3, -0.25) is 0 Å². The molecule has 17 heavy (non-hydrogen) atoms. The zero-order chi connectivity index (χ0) is 12.1. The van der Waals surface area contributed by atoms with E-state index in [1.54, 1.807) is 0 Å². The van der Waals surface area contributed by atoms with Crippen LogP contribution < -0.4 is 4.74 Å². The number of hydrogen-bond donors (Lipinski definition) is 1. The maximum Gasteiger partial charge on any atom is 0.341 e. The van der Waals surface area contributed by atoms with Gasteiger partial charge in [-0.25, -0.2) is 4.79 Å². The summed E-state index contributed by atoms with van der Waals surface area (Å²) >= 11 is 0. The lowest BCUT2D eigenvalue weighted by Gasteiger charge is -2.13. The third kappa shape index (κ3) is 3.34. The second-order valence-corrected chi connectivity index (χ2v) is 4.18. The summed E-state index contributed by atoms with van der Waals surface area (Å²) in [5, 5.41) is 8.50. The van der Waals surface area contributed by atoms with Gasteiger partial charge in [0.25, 0.3) is 0 Å². The Kier molecular flexibility index (Phi) is 3.81. The lowest BCUT2D eigenvalue weighted by Crippen LogP contribution is -2.09. The van der Waals surface area contributed by atoms with Crippen LogP contribution in [-0.2, 0) is 4.79 Å². The summed E-state index contributed by atoms with van der Waals surface area (Å²) in [5.74, 6) is -0.350. The summed E-state index contributed by atoms with van der Waals surface area (Å²) < 4.78 is 5.09. The van der Waals surface area contributed by atoms with E-state index in [0.717, 1.165) is 12.8 Å². The Bertz CT molecular complexity index is 418. The molecule has 0 aromatic heterocycles. The van der Waals surface area contributed by atoms with E-state index in [0.29, 0.717) is 5.75 Å². The third-order valence-electron chi connectivity index (χ3n) is 2.88. The van der Waals surface area contributed by atoms with Crippen LogP contribution in [0.3, 0.4) is 0 Å². The van der Waals surface area contributed by atoms with Crippen LogP contribution >= 0.6 is 0 Å². The zero-order valence-corrected chi connectivity index (χ0v) is 9.69. The maximum atomic E-state index is 10.4. The molecule has 0 saturated carbocycles. The summed E-state index contributed by atoms with van der Waals surface area (Å²) in [6.07, 6.45) is 7.12. The van der Waals surface area contributed by atoms with Gasteiger partial charge in [0, 0.05) is 0 Å². The van der Waals surface area contributed by atoms with Crippen LogP contribution in [0, 0.1) is 0 Å². The SMILES string of the molecule is O=C(O)COc1ccc(C2=CCCCC2)cc1. The first-order valence-electron chi connectivity index (χ1n) is 5.90. The van der Waals surface area contributed by atoms with E-state index in [4.69, 9.17) is 9.84 Å². The number of carboxylic acid groups (broad SMARTS) is 1. The van der Waals surface area contributed by atoms with Crippen LogP contribution in [0.25, 0.3) is 5.57 Å². The van der Waals surface area contributed by atoms with Gasteiger partial charge in [0.1, 0.15) is 5.75 Å². The summed E-state index contributed by atoms with van der Waals surface area (Å²) in [6, 6.07) is 7.64. The normalized spacial score (nSPS) is 15.2. The molecule has 1 aromatic carbocycles. The van der Waals surface area contributed by atoms with Crippen molar-refractivity contribution in [1.82, 2.24) is 0 Å². The van der Waals surface area contributed by atoms with Crippen molar-refractivity contribution in [2.75, 3.05) is 6.61 Å². The Labute approximate surface area is 101 Å². The van der Waals surface area contributed by atoms with E-state index in [1.807, 2.05) is 24.3 Å². The molecule has 0 bridgehead atoms. The van der Waals surface area contributed by atoms with Crippen LogP contribution in [-0.4, -0.2) is 17.7 Å².